The Morgan fingerprint density at radius 2 is 1.76 bits per heavy atom. The van der Waals surface area contributed by atoms with E-state index in [0.717, 1.165) is 54.5 Å². The van der Waals surface area contributed by atoms with Gasteiger partial charge in [0.1, 0.15) is 11.6 Å². The van der Waals surface area contributed by atoms with Gasteiger partial charge in [0, 0.05) is 58.5 Å². The lowest BCUT2D eigenvalue weighted by Gasteiger charge is -2.24. The van der Waals surface area contributed by atoms with E-state index in [1.165, 1.54) is 0 Å². The number of fused-ring (bicyclic) bond motifs is 1. The van der Waals surface area contributed by atoms with E-state index >= 15 is 0 Å². The zero-order chi connectivity index (χ0) is 26.5. The number of hydrogen-bond acceptors (Lipinski definition) is 6. The molecule has 0 unspecified atom stereocenters. The van der Waals surface area contributed by atoms with Crippen molar-refractivity contribution < 1.29 is 14.4 Å². The van der Waals surface area contributed by atoms with E-state index in [0.29, 0.717) is 32.4 Å². The Balaban J connectivity index is 1.21. The second-order valence-electron chi connectivity index (χ2n) is 10.4. The molecule has 2 aliphatic rings. The van der Waals surface area contributed by atoms with Crippen LogP contribution in [0, 0.1) is 5.92 Å². The third-order valence-corrected chi connectivity index (χ3v) is 7.67. The minimum Gasteiger partial charge on any atom is -0.350 e. The Morgan fingerprint density at radius 3 is 2.55 bits per heavy atom. The van der Waals surface area contributed by atoms with Crippen LogP contribution < -0.4 is 5.32 Å². The van der Waals surface area contributed by atoms with Gasteiger partial charge in [0.25, 0.3) is 0 Å². The summed E-state index contributed by atoms with van der Waals surface area (Å²) in [6, 6.07) is 9.25. The van der Waals surface area contributed by atoms with Crippen molar-refractivity contribution >= 4 is 28.8 Å². The summed E-state index contributed by atoms with van der Waals surface area (Å²) < 4.78 is 1.71. The second kappa shape index (κ2) is 11.7. The molecule has 2 atom stereocenters. The van der Waals surface area contributed by atoms with Crippen molar-refractivity contribution in [1.29, 1.82) is 0 Å². The van der Waals surface area contributed by atoms with E-state index in [9.17, 15) is 14.4 Å². The number of pyridine rings is 1. The molecular weight excluding hydrogens is 482 g/mol. The molecule has 1 aromatic carbocycles. The van der Waals surface area contributed by atoms with Crippen LogP contribution in [0.5, 0.6) is 0 Å². The zero-order valence-electron chi connectivity index (χ0n) is 21.9. The number of likely N-dealkylation sites (tertiary alicyclic amines) is 2. The van der Waals surface area contributed by atoms with Crippen molar-refractivity contribution in [2.45, 2.75) is 57.5 Å². The van der Waals surface area contributed by atoms with Gasteiger partial charge in [-0.15, -0.1) is 5.10 Å². The molecule has 3 amide bonds. The first-order valence-electron chi connectivity index (χ1n) is 13.5. The molecule has 200 valence electrons. The summed E-state index contributed by atoms with van der Waals surface area (Å²) in [5.74, 6) is 0.0986. The highest BCUT2D eigenvalue weighted by Gasteiger charge is 2.39. The van der Waals surface area contributed by atoms with Crippen LogP contribution in [0.15, 0.2) is 42.7 Å². The summed E-state index contributed by atoms with van der Waals surface area (Å²) in [4.78, 5) is 46.7. The summed E-state index contributed by atoms with van der Waals surface area (Å²) in [7, 11) is 1.84. The molecule has 2 aromatic heterocycles. The third kappa shape index (κ3) is 6.00. The number of nitrogens with zero attached hydrogens (tertiary/aromatic N) is 6. The molecule has 10 nitrogen and oxygen atoms in total. The molecule has 0 radical (unpaired) electrons. The van der Waals surface area contributed by atoms with Crippen molar-refractivity contribution in [2.24, 2.45) is 13.0 Å². The van der Waals surface area contributed by atoms with Gasteiger partial charge in [-0.3, -0.25) is 19.4 Å². The lowest BCUT2D eigenvalue weighted by atomic mass is 9.97. The molecule has 38 heavy (non-hydrogen) atoms. The highest BCUT2D eigenvalue weighted by atomic mass is 16.2. The Hall–Kier alpha value is -3.82. The predicted octanol–water partition coefficient (Wildman–Crippen LogP) is 2.23. The average Bonchev–Trinajstić information content (AvgIpc) is 3.69. The average molecular weight is 518 g/mol. The standard InChI is InChI=1S/C28H35N7O3/c1-33-24-8-7-21(16-23(24)31-32-33)18-30-28(38)25-17-22(15-20-9-11-29-12-10-20)19-35(25)27(37)6-4-5-26(36)34-13-2-3-14-34/h7-12,16,22,25H,2-6,13-15,17-19H2,1H3,(H,30,38)/t22-,25+/m1/s1. The molecular formula is C28H35N7O3. The molecule has 0 saturated carbocycles. The molecule has 0 bridgehead atoms. The van der Waals surface area contributed by atoms with Crippen LogP contribution in [0.1, 0.15) is 49.7 Å². The fraction of sp³-hybridized carbons (Fsp3) is 0.500. The largest absolute Gasteiger partial charge is 0.350 e. The number of aryl methyl sites for hydroxylation is 1. The highest BCUT2D eigenvalue weighted by molar-refractivity contribution is 5.88. The SMILES string of the molecule is Cn1nnc2cc(CNC(=O)[C@@H]3C[C@@H](Cc4ccncc4)CN3C(=O)CCCC(=O)N3CCCC3)ccc21. The van der Waals surface area contributed by atoms with Crippen LogP contribution in [0.3, 0.4) is 0 Å². The van der Waals surface area contributed by atoms with Gasteiger partial charge in [-0.25, -0.2) is 4.68 Å². The number of carbonyl (C=O) groups excluding carboxylic acids is 3. The van der Waals surface area contributed by atoms with Gasteiger partial charge < -0.3 is 15.1 Å². The van der Waals surface area contributed by atoms with E-state index in [2.05, 4.69) is 20.6 Å². The van der Waals surface area contributed by atoms with Gasteiger partial charge in [0.15, 0.2) is 0 Å². The second-order valence-corrected chi connectivity index (χ2v) is 10.4. The van der Waals surface area contributed by atoms with Crippen molar-refractivity contribution in [2.75, 3.05) is 19.6 Å². The van der Waals surface area contributed by atoms with Gasteiger partial charge >= 0.3 is 0 Å². The van der Waals surface area contributed by atoms with Gasteiger partial charge in [0.05, 0.1) is 5.52 Å². The summed E-state index contributed by atoms with van der Waals surface area (Å²) in [6.45, 7) is 2.53. The molecule has 2 saturated heterocycles. The summed E-state index contributed by atoms with van der Waals surface area (Å²) in [6.07, 6.45) is 8.19. The number of benzene rings is 1. The first-order valence-corrected chi connectivity index (χ1v) is 13.5. The molecule has 10 heteroatoms. The number of rotatable bonds is 9. The smallest absolute Gasteiger partial charge is 0.243 e. The molecule has 1 N–H and O–H groups in total. The number of hydrogen-bond donors (Lipinski definition) is 1. The Kier molecular flexibility index (Phi) is 7.95. The highest BCUT2D eigenvalue weighted by Crippen LogP contribution is 2.28. The van der Waals surface area contributed by atoms with Crippen LogP contribution >= 0.6 is 0 Å². The Labute approximate surface area is 222 Å². The van der Waals surface area contributed by atoms with Crippen molar-refractivity contribution in [3.05, 3.63) is 53.9 Å². The molecule has 0 aliphatic carbocycles. The van der Waals surface area contributed by atoms with Crippen LogP contribution in [-0.4, -0.2) is 73.2 Å². The van der Waals surface area contributed by atoms with E-state index in [-0.39, 0.29) is 30.1 Å². The summed E-state index contributed by atoms with van der Waals surface area (Å²) in [5, 5.41) is 11.2. The quantitative estimate of drug-likeness (QED) is 0.466. The maximum atomic E-state index is 13.3. The van der Waals surface area contributed by atoms with E-state index in [1.807, 2.05) is 42.3 Å². The van der Waals surface area contributed by atoms with E-state index in [1.54, 1.807) is 22.0 Å². The van der Waals surface area contributed by atoms with Crippen LogP contribution in [0.4, 0.5) is 0 Å². The van der Waals surface area contributed by atoms with Crippen molar-refractivity contribution in [3.8, 4) is 0 Å². The first-order chi connectivity index (χ1) is 18.5. The predicted molar refractivity (Wildman–Crippen MR) is 142 cm³/mol. The minimum atomic E-state index is -0.524. The van der Waals surface area contributed by atoms with Crippen LogP contribution in [-0.2, 0) is 34.4 Å². The van der Waals surface area contributed by atoms with Crippen molar-refractivity contribution in [1.82, 2.24) is 35.1 Å². The summed E-state index contributed by atoms with van der Waals surface area (Å²) in [5.41, 5.74) is 3.77. The monoisotopic (exact) mass is 517 g/mol. The summed E-state index contributed by atoms with van der Waals surface area (Å²) >= 11 is 0. The molecule has 3 aromatic rings. The van der Waals surface area contributed by atoms with E-state index in [4.69, 9.17) is 0 Å². The normalized spacial score (nSPS) is 19.3. The fourth-order valence-corrected chi connectivity index (χ4v) is 5.61. The Bertz CT molecular complexity index is 1290. The molecule has 2 fully saturated rings. The lowest BCUT2D eigenvalue weighted by Crippen LogP contribution is -2.45. The molecule has 2 aliphatic heterocycles. The number of carbonyl (C=O) groups is 3. The van der Waals surface area contributed by atoms with Gasteiger partial charge in [-0.05, 0) is 73.4 Å². The molecule has 4 heterocycles. The topological polar surface area (TPSA) is 113 Å². The number of amides is 3. The van der Waals surface area contributed by atoms with Crippen LogP contribution in [0.2, 0.25) is 0 Å². The fourth-order valence-electron chi connectivity index (χ4n) is 5.61. The lowest BCUT2D eigenvalue weighted by molar-refractivity contribution is -0.139. The maximum Gasteiger partial charge on any atom is 0.243 e. The Morgan fingerprint density at radius 1 is 1.00 bits per heavy atom. The minimum absolute atomic E-state index is 0.0578. The maximum absolute atomic E-state index is 13.3. The van der Waals surface area contributed by atoms with Gasteiger partial charge in [-0.1, -0.05) is 11.3 Å². The number of nitrogens with one attached hydrogen (secondary N) is 1. The molecule has 5 rings (SSSR count). The first kappa shape index (κ1) is 25.8. The van der Waals surface area contributed by atoms with Crippen LogP contribution in [0.25, 0.3) is 11.0 Å². The van der Waals surface area contributed by atoms with E-state index < -0.39 is 6.04 Å². The van der Waals surface area contributed by atoms with Crippen molar-refractivity contribution in [3.63, 3.8) is 0 Å². The van der Waals surface area contributed by atoms with Gasteiger partial charge in [0.2, 0.25) is 17.7 Å². The third-order valence-electron chi connectivity index (χ3n) is 7.67. The zero-order valence-corrected chi connectivity index (χ0v) is 21.9. The number of aromatic nitrogens is 4. The molecule has 0 spiro atoms. The van der Waals surface area contributed by atoms with Gasteiger partial charge in [-0.2, -0.15) is 0 Å².